The van der Waals surface area contributed by atoms with Crippen LogP contribution in [0, 0.1) is 5.92 Å². The number of piperidine rings is 1. The van der Waals surface area contributed by atoms with Crippen LogP contribution in [-0.2, 0) is 0 Å². The molecule has 2 unspecified atom stereocenters. The van der Waals surface area contributed by atoms with Gasteiger partial charge in [-0.15, -0.1) is 0 Å². The highest BCUT2D eigenvalue weighted by Crippen LogP contribution is 2.25. The molecule has 0 radical (unpaired) electrons. The van der Waals surface area contributed by atoms with Gasteiger partial charge >= 0.3 is 0 Å². The Bertz CT molecular complexity index is 211. The lowest BCUT2D eigenvalue weighted by Crippen LogP contribution is -2.44. The van der Waals surface area contributed by atoms with E-state index >= 15 is 0 Å². The molecule has 0 aromatic rings. The van der Waals surface area contributed by atoms with Crippen molar-refractivity contribution < 1.29 is 0 Å². The smallest absolute Gasteiger partial charge is 0.00952 e. The first kappa shape index (κ1) is 13.4. The molecule has 1 N–H and O–H groups in total. The number of nitrogens with zero attached hydrogens (tertiary/aromatic N) is 1. The summed E-state index contributed by atoms with van der Waals surface area (Å²) in [6.07, 6.45) is 10.1. The average Bonchev–Trinajstić information content (AvgIpc) is 2.37. The molecule has 1 aliphatic heterocycles. The van der Waals surface area contributed by atoms with Crippen molar-refractivity contribution in [2.75, 3.05) is 19.6 Å². The molecule has 0 amide bonds. The van der Waals surface area contributed by atoms with Gasteiger partial charge in [0.05, 0.1) is 0 Å². The van der Waals surface area contributed by atoms with E-state index in [1.54, 1.807) is 0 Å². The molecule has 1 saturated heterocycles. The topological polar surface area (TPSA) is 15.3 Å². The minimum atomic E-state index is 0.735. The van der Waals surface area contributed by atoms with Crippen LogP contribution in [-0.4, -0.2) is 36.6 Å². The molecule has 1 saturated carbocycles. The highest BCUT2D eigenvalue weighted by Gasteiger charge is 2.25. The van der Waals surface area contributed by atoms with Gasteiger partial charge in [0.1, 0.15) is 0 Å². The molecule has 0 spiro atoms. The van der Waals surface area contributed by atoms with E-state index in [1.165, 1.54) is 64.6 Å². The summed E-state index contributed by atoms with van der Waals surface area (Å²) in [4.78, 5) is 2.78. The van der Waals surface area contributed by atoms with Gasteiger partial charge in [-0.05, 0) is 51.6 Å². The van der Waals surface area contributed by atoms with Crippen LogP contribution in [0.3, 0.4) is 0 Å². The largest absolute Gasteiger partial charge is 0.314 e. The number of hydrogen-bond donors (Lipinski definition) is 1. The maximum absolute atomic E-state index is 3.56. The van der Waals surface area contributed by atoms with E-state index in [1.807, 2.05) is 0 Å². The van der Waals surface area contributed by atoms with Crippen molar-refractivity contribution in [3.05, 3.63) is 0 Å². The first-order chi connectivity index (χ1) is 8.29. The third-order valence-electron chi connectivity index (χ3n) is 4.72. The van der Waals surface area contributed by atoms with Gasteiger partial charge in [-0.1, -0.05) is 26.2 Å². The molecular weight excluding hydrogens is 208 g/mol. The Morgan fingerprint density at radius 1 is 1.12 bits per heavy atom. The van der Waals surface area contributed by atoms with Crippen molar-refractivity contribution in [2.24, 2.45) is 5.92 Å². The third-order valence-corrected chi connectivity index (χ3v) is 4.72. The fourth-order valence-corrected chi connectivity index (χ4v) is 3.72. The van der Waals surface area contributed by atoms with Crippen molar-refractivity contribution >= 4 is 0 Å². The number of rotatable bonds is 4. The van der Waals surface area contributed by atoms with Gasteiger partial charge in [-0.25, -0.2) is 0 Å². The Morgan fingerprint density at radius 2 is 1.88 bits per heavy atom. The van der Waals surface area contributed by atoms with Gasteiger partial charge in [0.2, 0.25) is 0 Å². The summed E-state index contributed by atoms with van der Waals surface area (Å²) in [5.41, 5.74) is 0. The van der Waals surface area contributed by atoms with E-state index < -0.39 is 0 Å². The zero-order chi connectivity index (χ0) is 12.1. The normalized spacial score (nSPS) is 31.9. The SMILES string of the molecule is CCN(CC1CCNC(C)C1)C1CCCCC1. The molecule has 0 aromatic heterocycles. The minimum absolute atomic E-state index is 0.735. The molecule has 2 rings (SSSR count). The van der Waals surface area contributed by atoms with E-state index in [-0.39, 0.29) is 0 Å². The molecule has 2 heteroatoms. The number of nitrogens with one attached hydrogen (secondary N) is 1. The Hall–Kier alpha value is -0.0800. The van der Waals surface area contributed by atoms with Crippen LogP contribution in [0.15, 0.2) is 0 Å². The van der Waals surface area contributed by atoms with Gasteiger partial charge < -0.3 is 10.2 Å². The summed E-state index contributed by atoms with van der Waals surface area (Å²) < 4.78 is 0. The van der Waals surface area contributed by atoms with Gasteiger partial charge in [0.15, 0.2) is 0 Å². The maximum Gasteiger partial charge on any atom is 0.00952 e. The summed E-state index contributed by atoms with van der Waals surface area (Å²) in [7, 11) is 0. The predicted molar refractivity (Wildman–Crippen MR) is 74.3 cm³/mol. The lowest BCUT2D eigenvalue weighted by Gasteiger charge is -2.38. The fourth-order valence-electron chi connectivity index (χ4n) is 3.72. The molecule has 1 heterocycles. The van der Waals surface area contributed by atoms with Gasteiger partial charge in [-0.2, -0.15) is 0 Å². The second kappa shape index (κ2) is 6.75. The predicted octanol–water partition coefficient (Wildman–Crippen LogP) is 3.03. The Morgan fingerprint density at radius 3 is 2.53 bits per heavy atom. The first-order valence-electron chi connectivity index (χ1n) is 7.77. The van der Waals surface area contributed by atoms with Crippen LogP contribution >= 0.6 is 0 Å². The van der Waals surface area contributed by atoms with Crippen LogP contribution in [0.2, 0.25) is 0 Å². The zero-order valence-electron chi connectivity index (χ0n) is 11.8. The summed E-state index contributed by atoms with van der Waals surface area (Å²) >= 11 is 0. The standard InChI is InChI=1S/C15H30N2/c1-3-17(15-7-5-4-6-8-15)12-14-9-10-16-13(2)11-14/h13-16H,3-12H2,1-2H3. The molecule has 2 atom stereocenters. The van der Waals surface area contributed by atoms with E-state index in [2.05, 4.69) is 24.1 Å². The van der Waals surface area contributed by atoms with E-state index in [9.17, 15) is 0 Å². The summed E-state index contributed by atoms with van der Waals surface area (Å²) in [5.74, 6) is 0.938. The lowest BCUT2D eigenvalue weighted by molar-refractivity contribution is 0.123. The highest BCUT2D eigenvalue weighted by atomic mass is 15.2. The highest BCUT2D eigenvalue weighted by molar-refractivity contribution is 4.81. The van der Waals surface area contributed by atoms with Gasteiger partial charge in [-0.3, -0.25) is 0 Å². The molecule has 1 aliphatic carbocycles. The van der Waals surface area contributed by atoms with Gasteiger partial charge in [0.25, 0.3) is 0 Å². The number of hydrogen-bond acceptors (Lipinski definition) is 2. The Labute approximate surface area is 107 Å². The van der Waals surface area contributed by atoms with E-state index in [0.717, 1.165) is 18.0 Å². The van der Waals surface area contributed by atoms with Crippen molar-refractivity contribution in [1.82, 2.24) is 10.2 Å². The molecule has 100 valence electrons. The van der Waals surface area contributed by atoms with E-state index in [4.69, 9.17) is 0 Å². The van der Waals surface area contributed by atoms with Gasteiger partial charge in [0, 0.05) is 18.6 Å². The molecule has 2 nitrogen and oxygen atoms in total. The van der Waals surface area contributed by atoms with Crippen molar-refractivity contribution in [2.45, 2.75) is 70.9 Å². The maximum atomic E-state index is 3.56. The monoisotopic (exact) mass is 238 g/mol. The molecule has 2 fully saturated rings. The molecular formula is C15H30N2. The second-order valence-corrected chi connectivity index (χ2v) is 6.12. The zero-order valence-corrected chi connectivity index (χ0v) is 11.8. The molecule has 2 aliphatic rings. The Balaban J connectivity index is 1.81. The minimum Gasteiger partial charge on any atom is -0.314 e. The summed E-state index contributed by atoms with van der Waals surface area (Å²) in [6.45, 7) is 8.52. The van der Waals surface area contributed by atoms with Crippen molar-refractivity contribution in [3.63, 3.8) is 0 Å². The summed E-state index contributed by atoms with van der Waals surface area (Å²) in [6, 6.07) is 1.64. The first-order valence-corrected chi connectivity index (χ1v) is 7.77. The quantitative estimate of drug-likeness (QED) is 0.810. The van der Waals surface area contributed by atoms with Crippen LogP contribution in [0.4, 0.5) is 0 Å². The molecule has 0 aromatic carbocycles. The van der Waals surface area contributed by atoms with Crippen LogP contribution in [0.5, 0.6) is 0 Å². The average molecular weight is 238 g/mol. The van der Waals surface area contributed by atoms with Crippen molar-refractivity contribution in [3.8, 4) is 0 Å². The molecule has 0 bridgehead atoms. The fraction of sp³-hybridized carbons (Fsp3) is 1.00. The Kier molecular flexibility index (Phi) is 5.30. The third kappa shape index (κ3) is 3.96. The van der Waals surface area contributed by atoms with Crippen LogP contribution in [0.1, 0.15) is 58.8 Å². The van der Waals surface area contributed by atoms with Crippen molar-refractivity contribution in [1.29, 1.82) is 0 Å². The van der Waals surface area contributed by atoms with E-state index in [0.29, 0.717) is 0 Å². The molecule has 17 heavy (non-hydrogen) atoms. The second-order valence-electron chi connectivity index (χ2n) is 6.12. The van der Waals surface area contributed by atoms with Crippen LogP contribution < -0.4 is 5.32 Å². The van der Waals surface area contributed by atoms with Crippen LogP contribution in [0.25, 0.3) is 0 Å². The summed E-state index contributed by atoms with van der Waals surface area (Å²) in [5, 5.41) is 3.56. The lowest BCUT2D eigenvalue weighted by atomic mass is 9.90.